The summed E-state index contributed by atoms with van der Waals surface area (Å²) in [4.78, 5) is 4.67. The molecule has 0 spiro atoms. The van der Waals surface area contributed by atoms with E-state index >= 15 is 0 Å². The number of halogens is 1. The lowest BCUT2D eigenvalue weighted by Gasteiger charge is -2.13. The molecule has 2 aromatic carbocycles. The normalized spacial score (nSPS) is 13.0. The average Bonchev–Trinajstić information content (AvgIpc) is 3.15. The van der Waals surface area contributed by atoms with Crippen LogP contribution in [0.15, 0.2) is 59.7 Å². The van der Waals surface area contributed by atoms with Crippen molar-refractivity contribution in [1.29, 1.82) is 0 Å². The van der Waals surface area contributed by atoms with Crippen LogP contribution in [0.3, 0.4) is 0 Å². The summed E-state index contributed by atoms with van der Waals surface area (Å²) in [6.45, 7) is 4.55. The summed E-state index contributed by atoms with van der Waals surface area (Å²) in [5.74, 6) is 3.01. The number of aliphatic imine (C=N–C) groups is 1. The topological polar surface area (TPSA) is 81.9 Å². The monoisotopic (exact) mass is 549 g/mol. The van der Waals surface area contributed by atoms with Crippen molar-refractivity contribution in [3.63, 3.8) is 0 Å². The van der Waals surface area contributed by atoms with Crippen LogP contribution in [0.2, 0.25) is 0 Å². The van der Waals surface area contributed by atoms with Gasteiger partial charge in [0.1, 0.15) is 5.75 Å². The second-order valence-electron chi connectivity index (χ2n) is 6.98. The Kier molecular flexibility index (Phi) is 8.60. The Morgan fingerprint density at radius 3 is 2.62 bits per heavy atom. The quantitative estimate of drug-likeness (QED) is 0.272. The summed E-state index contributed by atoms with van der Waals surface area (Å²) >= 11 is 0. The molecule has 0 saturated carbocycles. The maximum absolute atomic E-state index is 5.77. The highest BCUT2D eigenvalue weighted by Gasteiger charge is 2.11. The van der Waals surface area contributed by atoms with Crippen molar-refractivity contribution in [2.45, 2.75) is 19.9 Å². The predicted molar refractivity (Wildman–Crippen MR) is 136 cm³/mol. The van der Waals surface area contributed by atoms with Crippen molar-refractivity contribution in [1.82, 2.24) is 15.1 Å². The first-order valence-corrected chi connectivity index (χ1v) is 10.4. The molecule has 0 atom stereocenters. The molecular weight excluding hydrogens is 521 g/mol. The number of hydrogen-bond acceptors (Lipinski definition) is 5. The summed E-state index contributed by atoms with van der Waals surface area (Å²) in [7, 11) is 1.65. The van der Waals surface area contributed by atoms with Crippen LogP contribution in [0, 0.1) is 0 Å². The molecule has 3 aromatic rings. The SMILES string of the molecule is CCNC(=NCc1ccn(-c2ccc(OC)cc2)n1)Nc1ccc2c(c1)OCCCO2.I. The van der Waals surface area contributed by atoms with Gasteiger partial charge in [0.05, 0.1) is 38.2 Å². The number of benzene rings is 2. The number of fused-ring (bicyclic) bond motifs is 1. The van der Waals surface area contributed by atoms with E-state index in [9.17, 15) is 0 Å². The lowest BCUT2D eigenvalue weighted by atomic mass is 10.3. The molecule has 0 amide bonds. The molecule has 0 radical (unpaired) electrons. The lowest BCUT2D eigenvalue weighted by Crippen LogP contribution is -2.30. The molecule has 8 nitrogen and oxygen atoms in total. The average molecular weight is 549 g/mol. The van der Waals surface area contributed by atoms with Crippen molar-refractivity contribution in [2.75, 3.05) is 32.2 Å². The van der Waals surface area contributed by atoms with Crippen molar-refractivity contribution in [2.24, 2.45) is 4.99 Å². The molecule has 2 N–H and O–H groups in total. The van der Waals surface area contributed by atoms with E-state index in [2.05, 4.69) is 20.7 Å². The Balaban J connectivity index is 0.00000289. The van der Waals surface area contributed by atoms with Crippen LogP contribution < -0.4 is 24.8 Å². The zero-order valence-electron chi connectivity index (χ0n) is 18.2. The van der Waals surface area contributed by atoms with Crippen LogP contribution in [0.4, 0.5) is 5.69 Å². The smallest absolute Gasteiger partial charge is 0.196 e. The van der Waals surface area contributed by atoms with Crippen LogP contribution in [0.1, 0.15) is 19.0 Å². The molecule has 32 heavy (non-hydrogen) atoms. The standard InChI is InChI=1S/C23H27N5O3.HI/c1-3-24-23(26-17-5-10-21-22(15-17)31-14-4-13-30-21)25-16-18-11-12-28(27-18)19-6-8-20(29-2)9-7-19;/h5-12,15H,3-4,13-14,16H2,1-2H3,(H2,24,25,26);1H. The summed E-state index contributed by atoms with van der Waals surface area (Å²) in [6.07, 6.45) is 2.81. The Hall–Kier alpha value is -2.95. The number of hydrogen-bond donors (Lipinski definition) is 2. The first kappa shape index (κ1) is 23.7. The minimum absolute atomic E-state index is 0. The van der Waals surface area contributed by atoms with E-state index < -0.39 is 0 Å². The number of nitrogens with zero attached hydrogens (tertiary/aromatic N) is 3. The molecule has 1 aliphatic rings. The van der Waals surface area contributed by atoms with Crippen LogP contribution in [0.25, 0.3) is 5.69 Å². The number of aromatic nitrogens is 2. The molecule has 4 rings (SSSR count). The first-order valence-electron chi connectivity index (χ1n) is 10.4. The molecule has 1 aromatic heterocycles. The van der Waals surface area contributed by atoms with Crippen molar-refractivity contribution in [3.8, 4) is 22.9 Å². The van der Waals surface area contributed by atoms with E-state index in [0.29, 0.717) is 25.7 Å². The number of methoxy groups -OCH3 is 1. The predicted octanol–water partition coefficient (Wildman–Crippen LogP) is 4.24. The van der Waals surface area contributed by atoms with Crippen molar-refractivity contribution < 1.29 is 14.2 Å². The first-order chi connectivity index (χ1) is 15.2. The molecule has 0 fully saturated rings. The van der Waals surface area contributed by atoms with E-state index in [0.717, 1.165) is 47.3 Å². The lowest BCUT2D eigenvalue weighted by molar-refractivity contribution is 0.297. The van der Waals surface area contributed by atoms with E-state index in [-0.39, 0.29) is 24.0 Å². The van der Waals surface area contributed by atoms with Gasteiger partial charge in [0, 0.05) is 30.9 Å². The van der Waals surface area contributed by atoms with E-state index in [1.165, 1.54) is 0 Å². The highest BCUT2D eigenvalue weighted by Crippen LogP contribution is 2.32. The van der Waals surface area contributed by atoms with Crippen LogP contribution in [-0.4, -0.2) is 42.6 Å². The Morgan fingerprint density at radius 1 is 1.09 bits per heavy atom. The fourth-order valence-corrected chi connectivity index (χ4v) is 3.17. The Morgan fingerprint density at radius 2 is 1.88 bits per heavy atom. The van der Waals surface area contributed by atoms with Crippen LogP contribution in [-0.2, 0) is 6.54 Å². The molecule has 170 valence electrons. The zero-order valence-corrected chi connectivity index (χ0v) is 20.5. The van der Waals surface area contributed by atoms with Gasteiger partial charge in [0.25, 0.3) is 0 Å². The number of anilines is 1. The molecular formula is C23H28IN5O3. The number of guanidine groups is 1. The van der Waals surface area contributed by atoms with Crippen LogP contribution in [0.5, 0.6) is 17.2 Å². The van der Waals surface area contributed by atoms with Crippen molar-refractivity contribution >= 4 is 35.6 Å². The summed E-state index contributed by atoms with van der Waals surface area (Å²) < 4.78 is 18.5. The van der Waals surface area contributed by atoms with Gasteiger partial charge >= 0.3 is 0 Å². The minimum Gasteiger partial charge on any atom is -0.497 e. The molecule has 1 aliphatic heterocycles. The maximum atomic E-state index is 5.77. The fraction of sp³-hybridized carbons (Fsp3) is 0.304. The van der Waals surface area contributed by atoms with Crippen molar-refractivity contribution in [3.05, 3.63) is 60.4 Å². The number of nitrogens with one attached hydrogen (secondary N) is 2. The minimum atomic E-state index is 0. The second-order valence-corrected chi connectivity index (χ2v) is 6.98. The highest BCUT2D eigenvalue weighted by atomic mass is 127. The number of ether oxygens (including phenoxy) is 3. The van der Waals surface area contributed by atoms with Gasteiger partial charge in [-0.05, 0) is 49.4 Å². The van der Waals surface area contributed by atoms with E-state index in [1.807, 2.05) is 66.3 Å². The third kappa shape index (κ3) is 6.06. The van der Waals surface area contributed by atoms with Gasteiger partial charge in [-0.3, -0.25) is 0 Å². The van der Waals surface area contributed by atoms with E-state index in [4.69, 9.17) is 14.2 Å². The molecule has 0 aliphatic carbocycles. The molecule has 0 unspecified atom stereocenters. The molecule has 0 bridgehead atoms. The number of rotatable bonds is 6. The zero-order chi connectivity index (χ0) is 21.5. The third-order valence-electron chi connectivity index (χ3n) is 4.73. The summed E-state index contributed by atoms with van der Waals surface area (Å²) in [5, 5.41) is 11.2. The van der Waals surface area contributed by atoms with Crippen LogP contribution >= 0.6 is 24.0 Å². The molecule has 2 heterocycles. The Labute approximate surface area is 205 Å². The second kappa shape index (κ2) is 11.6. The largest absolute Gasteiger partial charge is 0.497 e. The van der Waals surface area contributed by atoms with Gasteiger partial charge in [-0.1, -0.05) is 0 Å². The molecule has 0 saturated heterocycles. The fourth-order valence-electron chi connectivity index (χ4n) is 3.17. The summed E-state index contributed by atoms with van der Waals surface area (Å²) in [6, 6.07) is 15.5. The summed E-state index contributed by atoms with van der Waals surface area (Å²) in [5.41, 5.74) is 2.72. The van der Waals surface area contributed by atoms with Gasteiger partial charge in [0.2, 0.25) is 0 Å². The van der Waals surface area contributed by atoms with Gasteiger partial charge < -0.3 is 24.8 Å². The van der Waals surface area contributed by atoms with Gasteiger partial charge in [0.15, 0.2) is 17.5 Å². The van der Waals surface area contributed by atoms with Gasteiger partial charge in [-0.15, -0.1) is 24.0 Å². The van der Waals surface area contributed by atoms with Gasteiger partial charge in [-0.2, -0.15) is 5.10 Å². The van der Waals surface area contributed by atoms with Gasteiger partial charge in [-0.25, -0.2) is 9.67 Å². The van der Waals surface area contributed by atoms with E-state index in [1.54, 1.807) is 7.11 Å². The molecule has 9 heteroatoms. The maximum Gasteiger partial charge on any atom is 0.196 e. The highest BCUT2D eigenvalue weighted by molar-refractivity contribution is 14.0. The third-order valence-corrected chi connectivity index (χ3v) is 4.73. The Bertz CT molecular complexity index is 1040.